The van der Waals surface area contributed by atoms with Gasteiger partial charge in [0.2, 0.25) is 23.3 Å². The predicted octanol–water partition coefficient (Wildman–Crippen LogP) is 5.21. The van der Waals surface area contributed by atoms with Crippen molar-refractivity contribution in [3.05, 3.63) is 59.7 Å². The number of ether oxygens (including phenoxy) is 6. The number of rotatable bonds is 13. The summed E-state index contributed by atoms with van der Waals surface area (Å²) in [5.41, 5.74) is 1.30. The fraction of sp³-hybridized carbons (Fsp3) is 0.452. The van der Waals surface area contributed by atoms with Gasteiger partial charge >= 0.3 is 5.97 Å². The molecule has 12 nitrogen and oxygen atoms in total. The van der Waals surface area contributed by atoms with Gasteiger partial charge in [0.05, 0.1) is 48.6 Å². The van der Waals surface area contributed by atoms with Crippen LogP contribution in [-0.4, -0.2) is 102 Å². The highest BCUT2D eigenvalue weighted by Gasteiger charge is 2.31. The van der Waals surface area contributed by atoms with E-state index in [0.29, 0.717) is 84.6 Å². The second kappa shape index (κ2) is 20.5. The quantitative estimate of drug-likeness (QED) is 0.216. The van der Waals surface area contributed by atoms with Crippen molar-refractivity contribution < 1.29 is 47.9 Å². The standard InChI is InChI=1S/C42H50N2O10/c1-49-34-25-31(26-35(50-2)40(34)53-5)11-7-9-13-38(45)43-19-15-29(16-20-43)23-33(42(47)48)24-30-17-21-44(22-18-30)39(46)14-10-8-12-32-27-36(51-3)41(54-6)37(28-32)52-4/h9-10,13-14,25-30,33H,15-24H2,1-6H3,(H,47,48). The molecule has 0 spiro atoms. The zero-order valence-corrected chi connectivity index (χ0v) is 31.9. The van der Waals surface area contributed by atoms with Crippen LogP contribution in [0.1, 0.15) is 49.7 Å². The fourth-order valence-electron chi connectivity index (χ4n) is 6.87. The van der Waals surface area contributed by atoms with Crippen molar-refractivity contribution in [3.63, 3.8) is 0 Å². The molecule has 2 aliphatic heterocycles. The Morgan fingerprint density at radius 3 is 1.24 bits per heavy atom. The average molecular weight is 743 g/mol. The Bertz CT molecular complexity index is 1640. The van der Waals surface area contributed by atoms with Crippen molar-refractivity contribution in [2.24, 2.45) is 17.8 Å². The SMILES string of the molecule is COc1cc(C#CC=CC(=O)N2CCC(CC(CC3CCN(C(=O)C=CC#Cc4cc(OC)c(OC)c(OC)c4)CC3)C(=O)O)CC2)cc(OC)c1OC. The number of methoxy groups -OCH3 is 6. The highest BCUT2D eigenvalue weighted by atomic mass is 16.5. The number of hydrogen-bond donors (Lipinski definition) is 1. The molecular formula is C42H50N2O10. The van der Waals surface area contributed by atoms with E-state index >= 15 is 0 Å². The van der Waals surface area contributed by atoms with E-state index in [4.69, 9.17) is 28.4 Å². The number of likely N-dealkylation sites (tertiary alicyclic amines) is 2. The number of carbonyl (C=O) groups is 3. The van der Waals surface area contributed by atoms with E-state index in [-0.39, 0.29) is 23.7 Å². The molecule has 2 heterocycles. The predicted molar refractivity (Wildman–Crippen MR) is 203 cm³/mol. The van der Waals surface area contributed by atoms with Crippen molar-refractivity contribution in [1.29, 1.82) is 0 Å². The molecule has 12 heteroatoms. The normalized spacial score (nSPS) is 15.4. The lowest BCUT2D eigenvalue weighted by Gasteiger charge is -2.35. The maximum Gasteiger partial charge on any atom is 0.306 e. The first-order valence-corrected chi connectivity index (χ1v) is 17.9. The highest BCUT2D eigenvalue weighted by Crippen LogP contribution is 2.39. The Hall–Kier alpha value is -5.75. The molecule has 0 bridgehead atoms. The number of hydrogen-bond acceptors (Lipinski definition) is 9. The third-order valence-electron chi connectivity index (χ3n) is 9.82. The molecule has 0 radical (unpaired) electrons. The van der Waals surface area contributed by atoms with E-state index in [0.717, 1.165) is 25.7 Å². The van der Waals surface area contributed by atoms with Crippen LogP contribution >= 0.6 is 0 Å². The lowest BCUT2D eigenvalue weighted by molar-refractivity contribution is -0.144. The number of allylic oxidation sites excluding steroid dienone is 2. The molecule has 2 fully saturated rings. The summed E-state index contributed by atoms with van der Waals surface area (Å²) in [5.74, 6) is 13.7. The third-order valence-corrected chi connectivity index (χ3v) is 9.82. The van der Waals surface area contributed by atoms with Gasteiger partial charge in [0.25, 0.3) is 0 Å². The molecule has 0 aromatic heterocycles. The number of amides is 2. The van der Waals surface area contributed by atoms with Crippen LogP contribution in [0.15, 0.2) is 48.6 Å². The minimum Gasteiger partial charge on any atom is -0.493 e. The lowest BCUT2D eigenvalue weighted by Crippen LogP contribution is -2.39. The maximum atomic E-state index is 12.8. The number of carbonyl (C=O) groups excluding carboxylic acids is 2. The number of nitrogens with zero attached hydrogens (tertiary/aromatic N) is 2. The van der Waals surface area contributed by atoms with Gasteiger partial charge in [-0.05, 0) is 86.8 Å². The second-order valence-electron chi connectivity index (χ2n) is 13.1. The number of carboxylic acid groups (broad SMARTS) is 1. The van der Waals surface area contributed by atoms with Crippen LogP contribution < -0.4 is 28.4 Å². The van der Waals surface area contributed by atoms with E-state index in [2.05, 4.69) is 23.7 Å². The zero-order chi connectivity index (χ0) is 39.0. The third kappa shape index (κ3) is 11.1. The first-order chi connectivity index (χ1) is 26.1. The molecule has 2 saturated heterocycles. The number of piperidine rings is 2. The van der Waals surface area contributed by atoms with Crippen molar-refractivity contribution >= 4 is 17.8 Å². The number of aliphatic carboxylic acids is 1. The van der Waals surface area contributed by atoms with Gasteiger partial charge in [-0.15, -0.1) is 0 Å². The van der Waals surface area contributed by atoms with Crippen molar-refractivity contribution in [2.45, 2.75) is 38.5 Å². The monoisotopic (exact) mass is 742 g/mol. The first kappa shape index (κ1) is 41.0. The van der Waals surface area contributed by atoms with Gasteiger partial charge in [0, 0.05) is 49.5 Å². The number of carboxylic acids is 1. The molecule has 4 rings (SSSR count). The summed E-state index contributed by atoms with van der Waals surface area (Å²) in [4.78, 5) is 41.5. The molecule has 0 saturated carbocycles. The molecule has 0 unspecified atom stereocenters. The minimum atomic E-state index is -0.783. The molecule has 54 heavy (non-hydrogen) atoms. The molecule has 1 N–H and O–H groups in total. The van der Waals surface area contributed by atoms with E-state index in [1.165, 1.54) is 67.0 Å². The fourth-order valence-corrected chi connectivity index (χ4v) is 6.87. The second-order valence-corrected chi connectivity index (χ2v) is 13.1. The van der Waals surface area contributed by atoms with Gasteiger partial charge in [0.15, 0.2) is 23.0 Å². The Balaban J connectivity index is 1.21. The van der Waals surface area contributed by atoms with Crippen LogP contribution in [0.5, 0.6) is 34.5 Å². The van der Waals surface area contributed by atoms with Crippen molar-refractivity contribution in [3.8, 4) is 58.2 Å². The molecule has 0 aliphatic carbocycles. The van der Waals surface area contributed by atoms with Crippen LogP contribution in [-0.2, 0) is 14.4 Å². The summed E-state index contributed by atoms with van der Waals surface area (Å²) in [6.07, 6.45) is 10.2. The molecule has 2 aliphatic rings. The Kier molecular flexibility index (Phi) is 15.6. The minimum absolute atomic E-state index is 0.121. The van der Waals surface area contributed by atoms with Gasteiger partial charge in [0.1, 0.15) is 0 Å². The van der Waals surface area contributed by atoms with E-state index in [9.17, 15) is 19.5 Å². The van der Waals surface area contributed by atoms with Gasteiger partial charge < -0.3 is 43.3 Å². The average Bonchev–Trinajstić information content (AvgIpc) is 3.20. The van der Waals surface area contributed by atoms with Crippen molar-refractivity contribution in [2.75, 3.05) is 68.8 Å². The van der Waals surface area contributed by atoms with E-state index in [1.54, 1.807) is 34.1 Å². The number of benzene rings is 2. The summed E-state index contributed by atoms with van der Waals surface area (Å²) < 4.78 is 32.1. The molecule has 2 amide bonds. The van der Waals surface area contributed by atoms with Gasteiger partial charge in [-0.25, -0.2) is 0 Å². The highest BCUT2D eigenvalue weighted by molar-refractivity contribution is 5.88. The van der Waals surface area contributed by atoms with E-state index < -0.39 is 11.9 Å². The maximum absolute atomic E-state index is 12.8. The molecule has 288 valence electrons. The molecule has 2 aromatic carbocycles. The molecule has 2 aromatic rings. The zero-order valence-electron chi connectivity index (χ0n) is 31.9. The van der Waals surface area contributed by atoms with Gasteiger partial charge in [-0.1, -0.05) is 23.7 Å². The van der Waals surface area contributed by atoms with Crippen LogP contribution in [0.2, 0.25) is 0 Å². The summed E-state index contributed by atoms with van der Waals surface area (Å²) in [5, 5.41) is 10.1. The summed E-state index contributed by atoms with van der Waals surface area (Å²) >= 11 is 0. The molecular weight excluding hydrogens is 692 g/mol. The topological polar surface area (TPSA) is 133 Å². The van der Waals surface area contributed by atoms with Gasteiger partial charge in [-0.3, -0.25) is 14.4 Å². The Morgan fingerprint density at radius 1 is 0.630 bits per heavy atom. The van der Waals surface area contributed by atoms with Gasteiger partial charge in [-0.2, -0.15) is 0 Å². The van der Waals surface area contributed by atoms with E-state index in [1.807, 2.05) is 0 Å². The summed E-state index contributed by atoms with van der Waals surface area (Å²) in [6.45, 7) is 2.28. The van der Waals surface area contributed by atoms with Crippen LogP contribution in [0.4, 0.5) is 0 Å². The molecule has 0 atom stereocenters. The van der Waals surface area contributed by atoms with Crippen LogP contribution in [0.25, 0.3) is 0 Å². The summed E-state index contributed by atoms with van der Waals surface area (Å²) in [7, 11) is 9.21. The first-order valence-electron chi connectivity index (χ1n) is 17.9. The Morgan fingerprint density at radius 2 is 0.963 bits per heavy atom. The van der Waals surface area contributed by atoms with Crippen molar-refractivity contribution in [1.82, 2.24) is 9.80 Å². The van der Waals surface area contributed by atoms with Crippen LogP contribution in [0, 0.1) is 41.4 Å². The smallest absolute Gasteiger partial charge is 0.306 e. The summed E-state index contributed by atoms with van der Waals surface area (Å²) in [6, 6.07) is 6.95. The lowest BCUT2D eigenvalue weighted by atomic mass is 9.80. The largest absolute Gasteiger partial charge is 0.493 e. The Labute approximate surface area is 318 Å². The van der Waals surface area contributed by atoms with Crippen LogP contribution in [0.3, 0.4) is 0 Å².